The third-order valence-electron chi connectivity index (χ3n) is 3.37. The molecule has 0 bridgehead atoms. The van der Waals surface area contributed by atoms with E-state index in [-0.39, 0.29) is 29.5 Å². The summed E-state index contributed by atoms with van der Waals surface area (Å²) in [7, 11) is 0. The molecule has 1 heterocycles. The van der Waals surface area contributed by atoms with Crippen molar-refractivity contribution in [2.45, 2.75) is 36.8 Å². The number of carbonyl (C=O) groups excluding carboxylic acids is 2. The number of esters is 1. The number of ether oxygens (including phenoxy) is 1. The molecule has 2 unspecified atom stereocenters. The molecule has 0 spiro atoms. The standard InChI is InChI=1S/C15H17ClO3S/c1-3-9(2)15(18)19-8-11-7-13(17)12-6-10(16)4-5-14(12)20-11/h4-6,9,11H,3,7-8H2,1-2H3. The van der Waals surface area contributed by atoms with Crippen LogP contribution in [0.3, 0.4) is 0 Å². The summed E-state index contributed by atoms with van der Waals surface area (Å²) in [5, 5.41) is 0.559. The molecule has 1 aliphatic rings. The number of halogens is 1. The van der Waals surface area contributed by atoms with Crippen molar-refractivity contribution in [3.63, 3.8) is 0 Å². The highest BCUT2D eigenvalue weighted by atomic mass is 35.5. The molecule has 0 fully saturated rings. The van der Waals surface area contributed by atoms with Crippen LogP contribution in [0.1, 0.15) is 37.0 Å². The Morgan fingerprint density at radius 3 is 3.00 bits per heavy atom. The fraction of sp³-hybridized carbons (Fsp3) is 0.467. The number of thioether (sulfide) groups is 1. The van der Waals surface area contributed by atoms with Crippen molar-refractivity contribution in [2.24, 2.45) is 5.92 Å². The number of ketones is 1. The van der Waals surface area contributed by atoms with E-state index in [4.69, 9.17) is 16.3 Å². The van der Waals surface area contributed by atoms with Gasteiger partial charge in [-0.25, -0.2) is 0 Å². The number of rotatable bonds is 4. The average Bonchev–Trinajstić information content (AvgIpc) is 2.44. The van der Waals surface area contributed by atoms with Gasteiger partial charge in [-0.15, -0.1) is 11.8 Å². The molecule has 0 saturated carbocycles. The van der Waals surface area contributed by atoms with E-state index in [1.165, 1.54) is 0 Å². The highest BCUT2D eigenvalue weighted by molar-refractivity contribution is 8.00. The van der Waals surface area contributed by atoms with Gasteiger partial charge in [0.25, 0.3) is 0 Å². The lowest BCUT2D eigenvalue weighted by Crippen LogP contribution is -2.25. The third kappa shape index (κ3) is 3.55. The summed E-state index contributed by atoms with van der Waals surface area (Å²) in [6, 6.07) is 5.32. The molecule has 3 nitrogen and oxygen atoms in total. The van der Waals surface area contributed by atoms with Gasteiger partial charge < -0.3 is 4.74 Å². The van der Waals surface area contributed by atoms with Crippen LogP contribution in [0.15, 0.2) is 23.1 Å². The largest absolute Gasteiger partial charge is 0.464 e. The number of hydrogen-bond acceptors (Lipinski definition) is 4. The predicted octanol–water partition coefficient (Wildman–Crippen LogP) is 3.98. The Bertz CT molecular complexity index is 530. The van der Waals surface area contributed by atoms with Crippen molar-refractivity contribution in [1.82, 2.24) is 0 Å². The number of benzene rings is 1. The summed E-state index contributed by atoms with van der Waals surface area (Å²) in [5.74, 6) is -0.223. The third-order valence-corrected chi connectivity index (χ3v) is 4.86. The van der Waals surface area contributed by atoms with Crippen molar-refractivity contribution < 1.29 is 14.3 Å². The minimum atomic E-state index is -0.192. The first-order valence-corrected chi connectivity index (χ1v) is 7.93. The number of carbonyl (C=O) groups is 2. The fourth-order valence-electron chi connectivity index (χ4n) is 1.94. The van der Waals surface area contributed by atoms with Crippen molar-refractivity contribution in [1.29, 1.82) is 0 Å². The number of fused-ring (bicyclic) bond motifs is 1. The average molecular weight is 313 g/mol. The molecule has 108 valence electrons. The summed E-state index contributed by atoms with van der Waals surface area (Å²) in [6.07, 6.45) is 1.14. The topological polar surface area (TPSA) is 43.4 Å². The summed E-state index contributed by atoms with van der Waals surface area (Å²) in [6.45, 7) is 4.07. The van der Waals surface area contributed by atoms with Crippen LogP contribution in [0.5, 0.6) is 0 Å². The fourth-order valence-corrected chi connectivity index (χ4v) is 3.29. The zero-order valence-electron chi connectivity index (χ0n) is 11.5. The molecule has 1 aromatic carbocycles. The van der Waals surface area contributed by atoms with Crippen LogP contribution in [-0.4, -0.2) is 23.6 Å². The van der Waals surface area contributed by atoms with Crippen LogP contribution in [0.4, 0.5) is 0 Å². The maximum Gasteiger partial charge on any atom is 0.308 e. The minimum Gasteiger partial charge on any atom is -0.464 e. The van der Waals surface area contributed by atoms with Gasteiger partial charge in [0, 0.05) is 21.9 Å². The molecule has 0 radical (unpaired) electrons. The summed E-state index contributed by atoms with van der Waals surface area (Å²) >= 11 is 7.48. The van der Waals surface area contributed by atoms with E-state index in [0.717, 1.165) is 11.3 Å². The van der Waals surface area contributed by atoms with Gasteiger partial charge in [-0.2, -0.15) is 0 Å². The predicted molar refractivity (Wildman–Crippen MR) is 80.5 cm³/mol. The Balaban J connectivity index is 1.99. The van der Waals surface area contributed by atoms with E-state index in [1.807, 2.05) is 19.9 Å². The number of Topliss-reactive ketones (excluding diaryl/α,β-unsaturated/α-hetero) is 1. The Labute approximate surface area is 128 Å². The molecular weight excluding hydrogens is 296 g/mol. The molecule has 2 atom stereocenters. The Morgan fingerprint density at radius 2 is 2.30 bits per heavy atom. The molecule has 5 heteroatoms. The van der Waals surface area contributed by atoms with Crippen LogP contribution in [-0.2, 0) is 9.53 Å². The van der Waals surface area contributed by atoms with Gasteiger partial charge in [-0.1, -0.05) is 25.4 Å². The van der Waals surface area contributed by atoms with Crippen molar-refractivity contribution in [3.05, 3.63) is 28.8 Å². The van der Waals surface area contributed by atoms with E-state index in [9.17, 15) is 9.59 Å². The number of hydrogen-bond donors (Lipinski definition) is 0. The lowest BCUT2D eigenvalue weighted by molar-refractivity contribution is -0.147. The van der Waals surface area contributed by atoms with Gasteiger partial charge >= 0.3 is 5.97 Å². The van der Waals surface area contributed by atoms with Crippen molar-refractivity contribution in [2.75, 3.05) is 6.61 Å². The van der Waals surface area contributed by atoms with Crippen LogP contribution < -0.4 is 0 Å². The monoisotopic (exact) mass is 312 g/mol. The molecular formula is C15H17ClO3S. The molecule has 0 aromatic heterocycles. The molecule has 0 aliphatic carbocycles. The van der Waals surface area contributed by atoms with E-state index in [0.29, 0.717) is 17.0 Å². The van der Waals surface area contributed by atoms with Crippen LogP contribution in [0.2, 0.25) is 5.02 Å². The lowest BCUT2D eigenvalue weighted by Gasteiger charge is -2.23. The van der Waals surface area contributed by atoms with E-state index in [1.54, 1.807) is 23.9 Å². The van der Waals surface area contributed by atoms with Crippen LogP contribution in [0, 0.1) is 5.92 Å². The van der Waals surface area contributed by atoms with Gasteiger partial charge in [0.15, 0.2) is 5.78 Å². The lowest BCUT2D eigenvalue weighted by atomic mass is 10.1. The maximum absolute atomic E-state index is 12.1. The van der Waals surface area contributed by atoms with Gasteiger partial charge in [0.05, 0.1) is 11.2 Å². The zero-order chi connectivity index (χ0) is 14.7. The first-order chi connectivity index (χ1) is 9.51. The molecule has 1 aromatic rings. The second kappa shape index (κ2) is 6.64. The summed E-state index contributed by atoms with van der Waals surface area (Å²) in [4.78, 5) is 24.6. The first kappa shape index (κ1) is 15.4. The second-order valence-corrected chi connectivity index (χ2v) is 6.73. The van der Waals surface area contributed by atoms with E-state index >= 15 is 0 Å². The minimum absolute atomic E-state index is 0.0100. The van der Waals surface area contributed by atoms with Crippen LogP contribution >= 0.6 is 23.4 Å². The molecule has 2 rings (SSSR count). The maximum atomic E-state index is 12.1. The smallest absolute Gasteiger partial charge is 0.308 e. The summed E-state index contributed by atoms with van der Waals surface area (Å²) in [5.41, 5.74) is 0.673. The summed E-state index contributed by atoms with van der Waals surface area (Å²) < 4.78 is 5.28. The van der Waals surface area contributed by atoms with Crippen LogP contribution in [0.25, 0.3) is 0 Å². The second-order valence-electron chi connectivity index (χ2n) is 4.95. The van der Waals surface area contributed by atoms with Gasteiger partial charge in [0.1, 0.15) is 6.61 Å². The van der Waals surface area contributed by atoms with E-state index < -0.39 is 0 Å². The Hall–Kier alpha value is -1.000. The van der Waals surface area contributed by atoms with Gasteiger partial charge in [-0.05, 0) is 24.6 Å². The molecule has 1 aliphatic heterocycles. The SMILES string of the molecule is CCC(C)C(=O)OCC1CC(=O)c2cc(Cl)ccc2S1. The highest BCUT2D eigenvalue weighted by Gasteiger charge is 2.27. The molecule has 0 N–H and O–H groups in total. The Kier molecular flexibility index (Phi) is 5.11. The highest BCUT2D eigenvalue weighted by Crippen LogP contribution is 2.36. The van der Waals surface area contributed by atoms with Gasteiger partial charge in [-0.3, -0.25) is 9.59 Å². The normalized spacial score (nSPS) is 19.4. The van der Waals surface area contributed by atoms with Crippen molar-refractivity contribution in [3.8, 4) is 0 Å². The Morgan fingerprint density at radius 1 is 1.55 bits per heavy atom. The molecule has 0 saturated heterocycles. The van der Waals surface area contributed by atoms with Crippen molar-refractivity contribution >= 4 is 35.1 Å². The van der Waals surface area contributed by atoms with E-state index in [2.05, 4.69) is 0 Å². The molecule has 20 heavy (non-hydrogen) atoms. The quantitative estimate of drug-likeness (QED) is 0.789. The molecule has 0 amide bonds. The van der Waals surface area contributed by atoms with Gasteiger partial charge in [0.2, 0.25) is 0 Å². The zero-order valence-corrected chi connectivity index (χ0v) is 13.1. The first-order valence-electron chi connectivity index (χ1n) is 6.67.